The quantitative estimate of drug-likeness (QED) is 0.634. The first-order valence-electron chi connectivity index (χ1n) is 8.45. The van der Waals surface area contributed by atoms with Gasteiger partial charge in [-0.3, -0.25) is 4.90 Å². The van der Waals surface area contributed by atoms with Gasteiger partial charge in [-0.15, -0.1) is 0 Å². The van der Waals surface area contributed by atoms with Crippen LogP contribution in [0, 0.1) is 0 Å². The molecule has 2 heterocycles. The van der Waals surface area contributed by atoms with E-state index in [1.54, 1.807) is 18.4 Å². The van der Waals surface area contributed by atoms with E-state index in [1.807, 2.05) is 25.2 Å². The monoisotopic (exact) mass is 376 g/mol. The number of imidazole rings is 1. The van der Waals surface area contributed by atoms with Gasteiger partial charge in [0.15, 0.2) is 0 Å². The average molecular weight is 376 g/mol. The number of nitrogens with zero attached hydrogens (tertiary/aromatic N) is 4. The molecule has 3 rings (SSSR count). The summed E-state index contributed by atoms with van der Waals surface area (Å²) in [5.74, 6) is 1.79. The molecule has 7 nitrogen and oxygen atoms in total. The van der Waals surface area contributed by atoms with E-state index in [9.17, 15) is 8.42 Å². The predicted octanol–water partition coefficient (Wildman–Crippen LogP) is 2.53. The summed E-state index contributed by atoms with van der Waals surface area (Å²) < 4.78 is 33.4. The van der Waals surface area contributed by atoms with Crippen molar-refractivity contribution in [3.05, 3.63) is 48.2 Å². The molecule has 0 amide bonds. The lowest BCUT2D eigenvalue weighted by Gasteiger charge is -2.15. The molecule has 1 aromatic carbocycles. The minimum absolute atomic E-state index is 0.256. The standard InChI is InChI=1S/C18H24N4O3S/c1-5-22-17-9-8-15(26(23,24)20(2)3)11-16(17)19-18(22)13-21(4)12-14-7-6-10-25-14/h6-11H,5,12-13H2,1-4H3. The third-order valence-electron chi connectivity index (χ3n) is 4.31. The maximum absolute atomic E-state index is 12.4. The summed E-state index contributed by atoms with van der Waals surface area (Å²) in [6, 6.07) is 8.93. The average Bonchev–Trinajstić information content (AvgIpc) is 3.20. The van der Waals surface area contributed by atoms with Crippen molar-refractivity contribution in [2.45, 2.75) is 31.5 Å². The minimum atomic E-state index is -3.47. The van der Waals surface area contributed by atoms with Crippen LogP contribution in [0.3, 0.4) is 0 Å². The van der Waals surface area contributed by atoms with Gasteiger partial charge in [0.25, 0.3) is 0 Å². The van der Waals surface area contributed by atoms with Gasteiger partial charge in [0.2, 0.25) is 10.0 Å². The lowest BCUT2D eigenvalue weighted by Crippen LogP contribution is -2.22. The molecule has 0 atom stereocenters. The van der Waals surface area contributed by atoms with E-state index in [1.165, 1.54) is 18.4 Å². The number of benzene rings is 1. The topological polar surface area (TPSA) is 71.6 Å². The van der Waals surface area contributed by atoms with Crippen LogP contribution >= 0.6 is 0 Å². The lowest BCUT2D eigenvalue weighted by molar-refractivity contribution is 0.278. The van der Waals surface area contributed by atoms with Crippen molar-refractivity contribution in [1.29, 1.82) is 0 Å². The molecule has 26 heavy (non-hydrogen) atoms. The minimum Gasteiger partial charge on any atom is -0.468 e. The molecule has 0 radical (unpaired) electrons. The van der Waals surface area contributed by atoms with E-state index >= 15 is 0 Å². The fourth-order valence-electron chi connectivity index (χ4n) is 2.97. The molecule has 0 spiro atoms. The molecule has 140 valence electrons. The van der Waals surface area contributed by atoms with Crippen LogP contribution in [0.1, 0.15) is 18.5 Å². The van der Waals surface area contributed by atoms with E-state index in [0.717, 1.165) is 23.6 Å². The number of aromatic nitrogens is 2. The second-order valence-electron chi connectivity index (χ2n) is 6.46. The van der Waals surface area contributed by atoms with Gasteiger partial charge >= 0.3 is 0 Å². The van der Waals surface area contributed by atoms with Gasteiger partial charge < -0.3 is 8.98 Å². The van der Waals surface area contributed by atoms with Crippen molar-refractivity contribution in [3.63, 3.8) is 0 Å². The van der Waals surface area contributed by atoms with Gasteiger partial charge in [-0.1, -0.05) is 0 Å². The molecule has 8 heteroatoms. The van der Waals surface area contributed by atoms with Crippen LogP contribution in [-0.2, 0) is 29.7 Å². The molecule has 0 fully saturated rings. The highest BCUT2D eigenvalue weighted by Gasteiger charge is 2.20. The van der Waals surface area contributed by atoms with Gasteiger partial charge in [0.1, 0.15) is 11.6 Å². The molecule has 0 saturated heterocycles. The Morgan fingerprint density at radius 1 is 1.15 bits per heavy atom. The van der Waals surface area contributed by atoms with Crippen LogP contribution in [0.15, 0.2) is 45.9 Å². The molecule has 0 unspecified atom stereocenters. The first-order valence-corrected chi connectivity index (χ1v) is 9.89. The van der Waals surface area contributed by atoms with Crippen molar-refractivity contribution in [2.24, 2.45) is 0 Å². The van der Waals surface area contributed by atoms with Crippen LogP contribution in [0.25, 0.3) is 11.0 Å². The van der Waals surface area contributed by atoms with Gasteiger partial charge in [-0.2, -0.15) is 0 Å². The van der Waals surface area contributed by atoms with Crippen LogP contribution in [0.4, 0.5) is 0 Å². The fraction of sp³-hybridized carbons (Fsp3) is 0.389. The van der Waals surface area contributed by atoms with Crippen molar-refractivity contribution >= 4 is 21.1 Å². The number of rotatable bonds is 7. The molecule has 0 aliphatic rings. The largest absolute Gasteiger partial charge is 0.468 e. The van der Waals surface area contributed by atoms with Gasteiger partial charge in [0.05, 0.1) is 35.3 Å². The molecule has 0 saturated carbocycles. The summed E-state index contributed by atoms with van der Waals surface area (Å²) in [5, 5.41) is 0. The summed E-state index contributed by atoms with van der Waals surface area (Å²) in [6.45, 7) is 4.14. The summed E-state index contributed by atoms with van der Waals surface area (Å²) in [5.41, 5.74) is 1.63. The first-order chi connectivity index (χ1) is 12.3. The van der Waals surface area contributed by atoms with E-state index in [0.29, 0.717) is 18.6 Å². The molecule has 2 aromatic heterocycles. The van der Waals surface area contributed by atoms with Crippen molar-refractivity contribution < 1.29 is 12.8 Å². The van der Waals surface area contributed by atoms with E-state index in [-0.39, 0.29) is 4.90 Å². The normalized spacial score (nSPS) is 12.5. The molecule has 3 aromatic rings. The van der Waals surface area contributed by atoms with Gasteiger partial charge in [-0.25, -0.2) is 17.7 Å². The Kier molecular flexibility index (Phi) is 5.17. The van der Waals surface area contributed by atoms with Crippen LogP contribution in [-0.4, -0.2) is 48.3 Å². The highest BCUT2D eigenvalue weighted by atomic mass is 32.2. The number of aryl methyl sites for hydroxylation is 1. The zero-order valence-corrected chi connectivity index (χ0v) is 16.3. The number of hydrogen-bond acceptors (Lipinski definition) is 5. The molecule has 0 bridgehead atoms. The second-order valence-corrected chi connectivity index (χ2v) is 8.61. The highest BCUT2D eigenvalue weighted by Crippen LogP contribution is 2.23. The van der Waals surface area contributed by atoms with Crippen molar-refractivity contribution in [1.82, 2.24) is 18.8 Å². The van der Waals surface area contributed by atoms with E-state index in [2.05, 4.69) is 16.4 Å². The summed E-state index contributed by atoms with van der Waals surface area (Å²) in [4.78, 5) is 7.06. The SMILES string of the molecule is CCn1c(CN(C)Cc2ccco2)nc2cc(S(=O)(=O)N(C)C)ccc21. The Morgan fingerprint density at radius 2 is 1.92 bits per heavy atom. The Bertz CT molecular complexity index is 991. The maximum atomic E-state index is 12.4. The number of furan rings is 1. The smallest absolute Gasteiger partial charge is 0.242 e. The second kappa shape index (κ2) is 7.22. The third-order valence-corrected chi connectivity index (χ3v) is 6.12. The highest BCUT2D eigenvalue weighted by molar-refractivity contribution is 7.89. The molecular weight excluding hydrogens is 352 g/mol. The summed E-state index contributed by atoms with van der Waals surface area (Å²) in [7, 11) is 1.58. The van der Waals surface area contributed by atoms with Crippen LogP contribution in [0.2, 0.25) is 0 Å². The Hall–Kier alpha value is -2.16. The zero-order valence-electron chi connectivity index (χ0n) is 15.5. The predicted molar refractivity (Wildman–Crippen MR) is 100 cm³/mol. The molecule has 0 N–H and O–H groups in total. The first kappa shape index (κ1) is 18.6. The number of sulfonamides is 1. The van der Waals surface area contributed by atoms with Gasteiger partial charge in [-0.05, 0) is 44.3 Å². The number of hydrogen-bond donors (Lipinski definition) is 0. The Labute approximate surface area is 153 Å². The molecule has 0 aliphatic carbocycles. The van der Waals surface area contributed by atoms with Crippen molar-refractivity contribution in [2.75, 3.05) is 21.1 Å². The lowest BCUT2D eigenvalue weighted by atomic mass is 10.3. The summed E-state index contributed by atoms with van der Waals surface area (Å²) >= 11 is 0. The maximum Gasteiger partial charge on any atom is 0.242 e. The summed E-state index contributed by atoms with van der Waals surface area (Å²) in [6.07, 6.45) is 1.66. The van der Waals surface area contributed by atoms with Crippen LogP contribution < -0.4 is 0 Å². The third kappa shape index (κ3) is 3.53. The Balaban J connectivity index is 1.93. The van der Waals surface area contributed by atoms with Crippen molar-refractivity contribution in [3.8, 4) is 0 Å². The van der Waals surface area contributed by atoms with E-state index < -0.39 is 10.0 Å². The zero-order chi connectivity index (χ0) is 18.9. The molecular formula is C18H24N4O3S. The van der Waals surface area contributed by atoms with Gasteiger partial charge in [0, 0.05) is 20.6 Å². The van der Waals surface area contributed by atoms with Crippen LogP contribution in [0.5, 0.6) is 0 Å². The fourth-order valence-corrected chi connectivity index (χ4v) is 3.89. The van der Waals surface area contributed by atoms with E-state index in [4.69, 9.17) is 9.40 Å². The Morgan fingerprint density at radius 3 is 2.54 bits per heavy atom. The molecule has 0 aliphatic heterocycles. The number of fused-ring (bicyclic) bond motifs is 1.